The molecule has 20 heavy (non-hydrogen) atoms. The molecule has 0 unspecified atom stereocenters. The van der Waals surface area contributed by atoms with Gasteiger partial charge in [0.2, 0.25) is 11.8 Å². The molecular formula is C14H16N2O4. The SMILES string of the molecule is O=C1C[C@H](C(=O)N[C@@H](C(=O)O)c2ccccc2)CCN1. The fourth-order valence-electron chi connectivity index (χ4n) is 2.20. The maximum absolute atomic E-state index is 12.1. The van der Waals surface area contributed by atoms with Crippen molar-refractivity contribution in [1.29, 1.82) is 0 Å². The van der Waals surface area contributed by atoms with Gasteiger partial charge in [0.05, 0.1) is 0 Å². The fraction of sp³-hybridized carbons (Fsp3) is 0.357. The average molecular weight is 276 g/mol. The third-order valence-electron chi connectivity index (χ3n) is 3.28. The lowest BCUT2D eigenvalue weighted by Crippen LogP contribution is -2.43. The van der Waals surface area contributed by atoms with Gasteiger partial charge in [-0.15, -0.1) is 0 Å². The Kier molecular flexibility index (Phi) is 4.34. The number of nitrogens with one attached hydrogen (secondary N) is 2. The Morgan fingerprint density at radius 1 is 1.30 bits per heavy atom. The first-order chi connectivity index (χ1) is 9.58. The lowest BCUT2D eigenvalue weighted by Gasteiger charge is -2.23. The van der Waals surface area contributed by atoms with Crippen LogP contribution >= 0.6 is 0 Å². The Labute approximate surface area is 116 Å². The highest BCUT2D eigenvalue weighted by molar-refractivity contribution is 5.89. The average Bonchev–Trinajstić information content (AvgIpc) is 2.45. The van der Waals surface area contributed by atoms with Crippen molar-refractivity contribution in [3.63, 3.8) is 0 Å². The molecule has 1 aromatic carbocycles. The van der Waals surface area contributed by atoms with Crippen molar-refractivity contribution in [3.8, 4) is 0 Å². The van der Waals surface area contributed by atoms with Crippen molar-refractivity contribution in [2.45, 2.75) is 18.9 Å². The van der Waals surface area contributed by atoms with Crippen LogP contribution in [0.3, 0.4) is 0 Å². The zero-order chi connectivity index (χ0) is 14.5. The first kappa shape index (κ1) is 14.0. The molecule has 1 heterocycles. The van der Waals surface area contributed by atoms with Crippen molar-refractivity contribution in [2.75, 3.05) is 6.54 Å². The summed E-state index contributed by atoms with van der Waals surface area (Å²) in [5.41, 5.74) is 0.508. The molecular weight excluding hydrogens is 260 g/mol. The monoisotopic (exact) mass is 276 g/mol. The number of amides is 2. The Hall–Kier alpha value is -2.37. The summed E-state index contributed by atoms with van der Waals surface area (Å²) < 4.78 is 0. The van der Waals surface area contributed by atoms with Crippen LogP contribution in [0.25, 0.3) is 0 Å². The van der Waals surface area contributed by atoms with E-state index in [-0.39, 0.29) is 12.3 Å². The Morgan fingerprint density at radius 3 is 2.60 bits per heavy atom. The van der Waals surface area contributed by atoms with Crippen LogP contribution in [-0.2, 0) is 14.4 Å². The Bertz CT molecular complexity index is 515. The molecule has 0 aliphatic carbocycles. The van der Waals surface area contributed by atoms with E-state index < -0.39 is 23.8 Å². The smallest absolute Gasteiger partial charge is 0.330 e. The van der Waals surface area contributed by atoms with Gasteiger partial charge in [-0.1, -0.05) is 30.3 Å². The van der Waals surface area contributed by atoms with Crippen LogP contribution in [-0.4, -0.2) is 29.4 Å². The van der Waals surface area contributed by atoms with Gasteiger partial charge in [0.1, 0.15) is 0 Å². The quantitative estimate of drug-likeness (QED) is 0.744. The first-order valence-electron chi connectivity index (χ1n) is 6.42. The zero-order valence-corrected chi connectivity index (χ0v) is 10.8. The molecule has 106 valence electrons. The summed E-state index contributed by atoms with van der Waals surface area (Å²) in [6, 6.07) is 7.40. The fourth-order valence-corrected chi connectivity index (χ4v) is 2.20. The molecule has 3 N–H and O–H groups in total. The molecule has 1 aliphatic heterocycles. The lowest BCUT2D eigenvalue weighted by molar-refractivity contribution is -0.143. The summed E-state index contributed by atoms with van der Waals surface area (Å²) in [7, 11) is 0. The molecule has 2 amide bonds. The molecule has 1 saturated heterocycles. The highest BCUT2D eigenvalue weighted by atomic mass is 16.4. The number of carboxylic acids is 1. The molecule has 6 heteroatoms. The second-order valence-corrected chi connectivity index (χ2v) is 4.73. The summed E-state index contributed by atoms with van der Waals surface area (Å²) >= 11 is 0. The van der Waals surface area contributed by atoms with Gasteiger partial charge < -0.3 is 15.7 Å². The van der Waals surface area contributed by atoms with Gasteiger partial charge in [-0.2, -0.15) is 0 Å². The number of carbonyl (C=O) groups excluding carboxylic acids is 2. The summed E-state index contributed by atoms with van der Waals surface area (Å²) in [6.07, 6.45) is 0.631. The lowest BCUT2D eigenvalue weighted by atomic mass is 9.95. The van der Waals surface area contributed by atoms with Gasteiger partial charge in [-0.3, -0.25) is 9.59 Å². The molecule has 1 aromatic rings. The zero-order valence-electron chi connectivity index (χ0n) is 10.8. The number of benzene rings is 1. The van der Waals surface area contributed by atoms with E-state index in [2.05, 4.69) is 10.6 Å². The standard InChI is InChI=1S/C14H16N2O4/c17-11-8-10(6-7-15-11)13(18)16-12(14(19)20)9-4-2-1-3-5-9/h1-5,10,12H,6-8H2,(H,15,17)(H,16,18)(H,19,20)/t10-,12-/m1/s1. The van der Waals surface area contributed by atoms with E-state index in [9.17, 15) is 19.5 Å². The number of carboxylic acid groups (broad SMARTS) is 1. The molecule has 0 spiro atoms. The number of piperidine rings is 1. The maximum Gasteiger partial charge on any atom is 0.330 e. The van der Waals surface area contributed by atoms with Crippen LogP contribution in [0, 0.1) is 5.92 Å². The number of carbonyl (C=O) groups is 3. The van der Waals surface area contributed by atoms with Crippen LogP contribution in [0.15, 0.2) is 30.3 Å². The molecule has 6 nitrogen and oxygen atoms in total. The second-order valence-electron chi connectivity index (χ2n) is 4.73. The molecule has 1 aliphatic rings. The van der Waals surface area contributed by atoms with E-state index in [0.717, 1.165) is 0 Å². The highest BCUT2D eigenvalue weighted by Gasteiger charge is 2.29. The Balaban J connectivity index is 2.07. The van der Waals surface area contributed by atoms with E-state index >= 15 is 0 Å². The van der Waals surface area contributed by atoms with Gasteiger partial charge in [0, 0.05) is 18.9 Å². The summed E-state index contributed by atoms with van der Waals surface area (Å²) in [4.78, 5) is 34.6. The predicted octanol–water partition coefficient (Wildman–Crippen LogP) is 0.455. The van der Waals surface area contributed by atoms with Gasteiger partial charge in [-0.25, -0.2) is 4.79 Å². The highest BCUT2D eigenvalue weighted by Crippen LogP contribution is 2.17. The third-order valence-corrected chi connectivity index (χ3v) is 3.28. The topological polar surface area (TPSA) is 95.5 Å². The molecule has 0 radical (unpaired) electrons. The summed E-state index contributed by atoms with van der Waals surface area (Å²) in [6.45, 7) is 0.444. The molecule has 0 aromatic heterocycles. The van der Waals surface area contributed by atoms with E-state index in [1.165, 1.54) is 0 Å². The van der Waals surface area contributed by atoms with Gasteiger partial charge in [0.25, 0.3) is 0 Å². The molecule has 2 rings (SSSR count). The molecule has 0 saturated carbocycles. The third kappa shape index (κ3) is 3.34. The number of aliphatic carboxylic acids is 1. The normalized spacial score (nSPS) is 19.8. The van der Waals surface area contributed by atoms with Crippen LogP contribution in [0.5, 0.6) is 0 Å². The van der Waals surface area contributed by atoms with Gasteiger partial charge in [0.15, 0.2) is 6.04 Å². The van der Waals surface area contributed by atoms with Crippen molar-refractivity contribution in [2.24, 2.45) is 5.92 Å². The van der Waals surface area contributed by atoms with Crippen molar-refractivity contribution in [3.05, 3.63) is 35.9 Å². The predicted molar refractivity (Wildman–Crippen MR) is 70.7 cm³/mol. The van der Waals surface area contributed by atoms with Crippen LogP contribution < -0.4 is 10.6 Å². The van der Waals surface area contributed by atoms with E-state index in [4.69, 9.17) is 0 Å². The largest absolute Gasteiger partial charge is 0.479 e. The second kappa shape index (κ2) is 6.18. The summed E-state index contributed by atoms with van der Waals surface area (Å²) in [5, 5.41) is 14.4. The van der Waals surface area contributed by atoms with Crippen LogP contribution in [0.4, 0.5) is 0 Å². The van der Waals surface area contributed by atoms with Gasteiger partial charge in [-0.05, 0) is 12.0 Å². The number of hydrogen-bond donors (Lipinski definition) is 3. The number of hydrogen-bond acceptors (Lipinski definition) is 3. The minimum Gasteiger partial charge on any atom is -0.479 e. The number of rotatable bonds is 4. The van der Waals surface area contributed by atoms with E-state index in [1.54, 1.807) is 30.3 Å². The molecule has 1 fully saturated rings. The minimum absolute atomic E-state index is 0.104. The van der Waals surface area contributed by atoms with E-state index in [0.29, 0.717) is 18.5 Å². The Morgan fingerprint density at radius 2 is 2.00 bits per heavy atom. The first-order valence-corrected chi connectivity index (χ1v) is 6.42. The van der Waals surface area contributed by atoms with Crippen molar-refractivity contribution in [1.82, 2.24) is 10.6 Å². The van der Waals surface area contributed by atoms with Crippen molar-refractivity contribution < 1.29 is 19.5 Å². The molecule has 0 bridgehead atoms. The van der Waals surface area contributed by atoms with Gasteiger partial charge >= 0.3 is 5.97 Å². The summed E-state index contributed by atoms with van der Waals surface area (Å²) in [5.74, 6) is -2.15. The maximum atomic E-state index is 12.1. The minimum atomic E-state index is -1.12. The molecule has 2 atom stereocenters. The van der Waals surface area contributed by atoms with Crippen LogP contribution in [0.2, 0.25) is 0 Å². The van der Waals surface area contributed by atoms with Crippen LogP contribution in [0.1, 0.15) is 24.4 Å². The van der Waals surface area contributed by atoms with Crippen molar-refractivity contribution >= 4 is 17.8 Å². The van der Waals surface area contributed by atoms with E-state index in [1.807, 2.05) is 0 Å².